The minimum atomic E-state index is -0.879. The van der Waals surface area contributed by atoms with Crippen molar-refractivity contribution < 1.29 is 19.1 Å². The van der Waals surface area contributed by atoms with Crippen LogP contribution in [0.25, 0.3) is 5.69 Å². The molecule has 1 aromatic carbocycles. The fourth-order valence-electron chi connectivity index (χ4n) is 2.82. The minimum absolute atomic E-state index is 0.134. The number of pyridine rings is 1. The van der Waals surface area contributed by atoms with E-state index < -0.39 is 11.5 Å². The monoisotopic (exact) mass is 456 g/mol. The van der Waals surface area contributed by atoms with E-state index >= 15 is 0 Å². The molecule has 2 heterocycles. The number of hydrogen-bond donors (Lipinski definition) is 2. The van der Waals surface area contributed by atoms with Crippen molar-refractivity contribution >= 4 is 35.1 Å². The predicted molar refractivity (Wildman–Crippen MR) is 117 cm³/mol. The van der Waals surface area contributed by atoms with Crippen LogP contribution in [0.3, 0.4) is 0 Å². The molecular weight excluding hydrogens is 436 g/mol. The number of nitrogens with zero attached hydrogens (tertiary/aromatic N) is 4. The van der Waals surface area contributed by atoms with Crippen molar-refractivity contribution in [2.75, 3.05) is 12.4 Å². The van der Waals surface area contributed by atoms with E-state index in [1.165, 1.54) is 37.0 Å². The number of methoxy groups -OCH3 is 1. The Labute approximate surface area is 188 Å². The Morgan fingerprint density at radius 3 is 2.56 bits per heavy atom. The molecule has 0 unspecified atom stereocenters. The van der Waals surface area contributed by atoms with Gasteiger partial charge >= 0.3 is 5.97 Å². The van der Waals surface area contributed by atoms with Crippen LogP contribution >= 0.6 is 11.6 Å². The molecule has 0 aliphatic carbocycles. The van der Waals surface area contributed by atoms with Crippen LogP contribution in [0, 0.1) is 0 Å². The Bertz CT molecular complexity index is 1190. The SMILES string of the molecule is COC(=O)c1cc(-n2cc(C(C)(C)NC(=O)c3ccc(NC(C)=O)c(Cl)c3)nn2)ccn1. The summed E-state index contributed by atoms with van der Waals surface area (Å²) in [6.07, 6.45) is 3.10. The third kappa shape index (κ3) is 5.09. The number of ether oxygens (including phenoxy) is 1. The van der Waals surface area contributed by atoms with E-state index in [0.29, 0.717) is 22.6 Å². The van der Waals surface area contributed by atoms with Gasteiger partial charge in [-0.15, -0.1) is 5.10 Å². The van der Waals surface area contributed by atoms with Crippen molar-refractivity contribution in [3.63, 3.8) is 0 Å². The van der Waals surface area contributed by atoms with Gasteiger partial charge in [0.25, 0.3) is 5.91 Å². The van der Waals surface area contributed by atoms with Gasteiger partial charge in [0, 0.05) is 18.7 Å². The molecule has 0 aliphatic heterocycles. The zero-order chi connectivity index (χ0) is 23.5. The molecule has 0 saturated heterocycles. The highest BCUT2D eigenvalue weighted by Crippen LogP contribution is 2.24. The number of rotatable bonds is 6. The second kappa shape index (κ2) is 9.15. The van der Waals surface area contributed by atoms with E-state index in [-0.39, 0.29) is 22.5 Å². The number of esters is 1. The zero-order valence-electron chi connectivity index (χ0n) is 17.8. The highest BCUT2D eigenvalue weighted by Gasteiger charge is 2.27. The van der Waals surface area contributed by atoms with Gasteiger partial charge in [-0.2, -0.15) is 0 Å². The van der Waals surface area contributed by atoms with Gasteiger partial charge in [-0.3, -0.25) is 9.59 Å². The van der Waals surface area contributed by atoms with Crippen LogP contribution in [0.5, 0.6) is 0 Å². The van der Waals surface area contributed by atoms with Gasteiger partial charge < -0.3 is 15.4 Å². The van der Waals surface area contributed by atoms with Gasteiger partial charge in [0.15, 0.2) is 0 Å². The summed E-state index contributed by atoms with van der Waals surface area (Å²) in [5, 5.41) is 14.0. The Morgan fingerprint density at radius 1 is 1.16 bits per heavy atom. The molecule has 32 heavy (non-hydrogen) atoms. The van der Waals surface area contributed by atoms with Crippen molar-refractivity contribution in [1.82, 2.24) is 25.3 Å². The van der Waals surface area contributed by atoms with Gasteiger partial charge in [-0.1, -0.05) is 16.8 Å². The van der Waals surface area contributed by atoms with Crippen LogP contribution in [0.2, 0.25) is 5.02 Å². The van der Waals surface area contributed by atoms with E-state index in [1.54, 1.807) is 38.2 Å². The second-order valence-electron chi connectivity index (χ2n) is 7.39. The maximum atomic E-state index is 12.8. The highest BCUT2D eigenvalue weighted by atomic mass is 35.5. The Kier molecular flexibility index (Phi) is 6.54. The molecule has 166 valence electrons. The fraction of sp³-hybridized carbons (Fsp3) is 0.238. The number of carbonyl (C=O) groups excluding carboxylic acids is 3. The van der Waals surface area contributed by atoms with Crippen LogP contribution in [0.4, 0.5) is 5.69 Å². The van der Waals surface area contributed by atoms with Crippen molar-refractivity contribution in [3.05, 3.63) is 64.7 Å². The number of carbonyl (C=O) groups is 3. The molecule has 3 rings (SSSR count). The number of hydrogen-bond acceptors (Lipinski definition) is 7. The van der Waals surface area contributed by atoms with E-state index in [1.807, 2.05) is 0 Å². The molecule has 0 atom stereocenters. The third-order valence-electron chi connectivity index (χ3n) is 4.50. The van der Waals surface area contributed by atoms with Gasteiger partial charge in [0.2, 0.25) is 5.91 Å². The largest absolute Gasteiger partial charge is 0.464 e. The summed E-state index contributed by atoms with van der Waals surface area (Å²) in [7, 11) is 1.27. The first kappa shape index (κ1) is 22.9. The predicted octanol–water partition coefficient (Wildman–Crippen LogP) is 2.73. The van der Waals surface area contributed by atoms with Gasteiger partial charge in [0.1, 0.15) is 11.4 Å². The lowest BCUT2D eigenvalue weighted by Gasteiger charge is -2.23. The maximum Gasteiger partial charge on any atom is 0.356 e. The first-order valence-electron chi connectivity index (χ1n) is 9.48. The van der Waals surface area contributed by atoms with Crippen molar-refractivity contribution in [3.8, 4) is 5.69 Å². The fourth-order valence-corrected chi connectivity index (χ4v) is 3.05. The summed E-state index contributed by atoms with van der Waals surface area (Å²) in [4.78, 5) is 39.7. The van der Waals surface area contributed by atoms with Crippen LogP contribution in [-0.2, 0) is 15.1 Å². The topological polar surface area (TPSA) is 128 Å². The van der Waals surface area contributed by atoms with E-state index in [2.05, 4.69) is 30.7 Å². The lowest BCUT2D eigenvalue weighted by molar-refractivity contribution is -0.114. The van der Waals surface area contributed by atoms with E-state index in [4.69, 9.17) is 11.6 Å². The number of halogens is 1. The Balaban J connectivity index is 1.78. The zero-order valence-corrected chi connectivity index (χ0v) is 18.6. The van der Waals surface area contributed by atoms with Crippen LogP contribution in [-0.4, -0.2) is 44.9 Å². The van der Waals surface area contributed by atoms with Gasteiger partial charge in [0.05, 0.1) is 35.2 Å². The molecule has 2 aromatic heterocycles. The molecule has 10 nitrogen and oxygen atoms in total. The first-order valence-corrected chi connectivity index (χ1v) is 9.85. The summed E-state index contributed by atoms with van der Waals surface area (Å²) in [5.41, 5.74) is 1.04. The maximum absolute atomic E-state index is 12.8. The minimum Gasteiger partial charge on any atom is -0.464 e. The number of amides is 2. The smallest absolute Gasteiger partial charge is 0.356 e. The molecule has 0 fully saturated rings. The molecule has 2 amide bonds. The molecule has 11 heteroatoms. The quantitative estimate of drug-likeness (QED) is 0.545. The summed E-state index contributed by atoms with van der Waals surface area (Å²) >= 11 is 6.16. The van der Waals surface area contributed by atoms with Crippen molar-refractivity contribution in [1.29, 1.82) is 0 Å². The number of nitrogens with one attached hydrogen (secondary N) is 2. The molecule has 3 aromatic rings. The van der Waals surface area contributed by atoms with Gasteiger partial charge in [-0.25, -0.2) is 14.5 Å². The molecule has 0 spiro atoms. The average molecular weight is 457 g/mol. The second-order valence-corrected chi connectivity index (χ2v) is 7.80. The average Bonchev–Trinajstić information content (AvgIpc) is 3.25. The molecule has 0 saturated carbocycles. The summed E-state index contributed by atoms with van der Waals surface area (Å²) < 4.78 is 6.15. The Hall–Kier alpha value is -3.79. The summed E-state index contributed by atoms with van der Waals surface area (Å²) in [6, 6.07) is 7.78. The van der Waals surface area contributed by atoms with Crippen molar-refractivity contribution in [2.24, 2.45) is 0 Å². The standard InChI is InChI=1S/C21H21ClN6O4/c1-12(29)24-16-6-5-13(9-15(16)22)19(30)25-21(2,3)18-11-28(27-26-18)14-7-8-23-17(10-14)20(31)32-4/h5-11H,1-4H3,(H,24,29)(H,25,30). The van der Waals surface area contributed by atoms with Crippen LogP contribution in [0.1, 0.15) is 47.3 Å². The van der Waals surface area contributed by atoms with Crippen LogP contribution < -0.4 is 10.6 Å². The molecular formula is C21H21ClN6O4. The number of aromatic nitrogens is 4. The Morgan fingerprint density at radius 2 is 1.91 bits per heavy atom. The summed E-state index contributed by atoms with van der Waals surface area (Å²) in [6.45, 7) is 4.92. The number of anilines is 1. The van der Waals surface area contributed by atoms with Crippen LogP contribution in [0.15, 0.2) is 42.7 Å². The third-order valence-corrected chi connectivity index (χ3v) is 4.82. The molecule has 0 bridgehead atoms. The first-order chi connectivity index (χ1) is 15.1. The lowest BCUT2D eigenvalue weighted by Crippen LogP contribution is -2.41. The normalized spacial score (nSPS) is 11.0. The number of benzene rings is 1. The van der Waals surface area contributed by atoms with Crippen molar-refractivity contribution in [2.45, 2.75) is 26.3 Å². The van der Waals surface area contributed by atoms with Gasteiger partial charge in [-0.05, 0) is 44.2 Å². The lowest BCUT2D eigenvalue weighted by atomic mass is 10.0. The summed E-state index contributed by atoms with van der Waals surface area (Å²) in [5.74, 6) is -1.21. The molecule has 2 N–H and O–H groups in total. The van der Waals surface area contributed by atoms with E-state index in [0.717, 1.165) is 0 Å². The highest BCUT2D eigenvalue weighted by molar-refractivity contribution is 6.34. The molecule has 0 radical (unpaired) electrons. The molecule has 0 aliphatic rings. The van der Waals surface area contributed by atoms with E-state index in [9.17, 15) is 14.4 Å².